The topological polar surface area (TPSA) is 98.7 Å². The van der Waals surface area contributed by atoms with E-state index in [1.54, 1.807) is 36.4 Å². The molecule has 1 amide bonds. The minimum atomic E-state index is -3.40. The van der Waals surface area contributed by atoms with Crippen molar-refractivity contribution in [3.8, 4) is 5.75 Å². The van der Waals surface area contributed by atoms with Crippen LogP contribution in [-0.2, 0) is 15.6 Å². The van der Waals surface area contributed by atoms with Crippen LogP contribution >= 0.6 is 0 Å². The molecular weight excluding hydrogens is 430 g/mol. The van der Waals surface area contributed by atoms with Crippen LogP contribution in [0.2, 0.25) is 0 Å². The molecule has 5 rings (SSSR count). The Morgan fingerprint density at radius 3 is 2.25 bits per heavy atom. The molecule has 0 aliphatic carbocycles. The Morgan fingerprint density at radius 1 is 0.906 bits per heavy atom. The van der Waals surface area contributed by atoms with Crippen molar-refractivity contribution in [2.24, 2.45) is 0 Å². The molecule has 2 aromatic heterocycles. The van der Waals surface area contributed by atoms with Crippen LogP contribution in [0.15, 0.2) is 69.5 Å². The normalized spacial score (nSPS) is 11.9. The number of carbonyl (C=O) groups excluding carboxylic acids is 1. The molecule has 5 aromatic rings. The van der Waals surface area contributed by atoms with Gasteiger partial charge in [0.25, 0.3) is 5.91 Å². The van der Waals surface area contributed by atoms with E-state index in [9.17, 15) is 13.2 Å². The maximum absolute atomic E-state index is 13.2. The molecule has 32 heavy (non-hydrogen) atoms. The highest BCUT2D eigenvalue weighted by molar-refractivity contribution is 7.89. The molecule has 0 fully saturated rings. The van der Waals surface area contributed by atoms with Crippen molar-refractivity contribution in [2.45, 2.75) is 5.75 Å². The lowest BCUT2D eigenvalue weighted by Gasteiger charge is -2.10. The summed E-state index contributed by atoms with van der Waals surface area (Å²) >= 11 is 0. The number of carbonyl (C=O) groups is 1. The third-order valence-electron chi connectivity index (χ3n) is 5.26. The highest BCUT2D eigenvalue weighted by Crippen LogP contribution is 2.37. The van der Waals surface area contributed by atoms with Gasteiger partial charge in [0.05, 0.1) is 18.6 Å². The van der Waals surface area contributed by atoms with Crippen LogP contribution in [0.3, 0.4) is 0 Å². The summed E-state index contributed by atoms with van der Waals surface area (Å²) in [5, 5.41) is 5.17. The van der Waals surface area contributed by atoms with Gasteiger partial charge in [0.15, 0.2) is 15.6 Å². The number of rotatable bonds is 5. The number of methoxy groups -OCH3 is 1. The van der Waals surface area contributed by atoms with E-state index in [0.717, 1.165) is 22.6 Å². The van der Waals surface area contributed by atoms with E-state index in [2.05, 4.69) is 5.32 Å². The Morgan fingerprint density at radius 2 is 1.56 bits per heavy atom. The molecule has 0 saturated heterocycles. The van der Waals surface area contributed by atoms with Crippen LogP contribution < -0.4 is 10.1 Å². The summed E-state index contributed by atoms with van der Waals surface area (Å²) in [6, 6.07) is 18.1. The highest BCUT2D eigenvalue weighted by Gasteiger charge is 2.24. The molecule has 0 spiro atoms. The Labute approximate surface area is 183 Å². The molecule has 0 saturated carbocycles. The Hall–Kier alpha value is -3.78. The predicted octanol–water partition coefficient (Wildman–Crippen LogP) is 5.14. The van der Waals surface area contributed by atoms with Gasteiger partial charge in [0.1, 0.15) is 22.5 Å². The van der Waals surface area contributed by atoms with Gasteiger partial charge in [-0.3, -0.25) is 4.79 Å². The van der Waals surface area contributed by atoms with Crippen molar-refractivity contribution in [1.29, 1.82) is 0 Å². The second-order valence-electron chi connectivity index (χ2n) is 7.58. The quantitative estimate of drug-likeness (QED) is 0.399. The van der Waals surface area contributed by atoms with E-state index in [-0.39, 0.29) is 11.5 Å². The van der Waals surface area contributed by atoms with E-state index in [4.69, 9.17) is 13.6 Å². The summed E-state index contributed by atoms with van der Waals surface area (Å²) in [7, 11) is -1.89. The summed E-state index contributed by atoms with van der Waals surface area (Å²) in [5.74, 6) is -0.498. The third kappa shape index (κ3) is 3.48. The van der Waals surface area contributed by atoms with Crippen molar-refractivity contribution in [2.75, 3.05) is 18.7 Å². The highest BCUT2D eigenvalue weighted by atomic mass is 32.2. The Balaban J connectivity index is 1.60. The number of nitrogens with one attached hydrogen (secondary N) is 1. The molecule has 0 aliphatic heterocycles. The molecule has 3 aromatic carbocycles. The number of amides is 1. The SMILES string of the molecule is COc1cc2c(cc1NC(=O)c1oc3ccccc3c1CS(C)(=O)=O)oc1ccccc12. The van der Waals surface area contributed by atoms with E-state index in [1.807, 2.05) is 24.3 Å². The standard InChI is InChI=1S/C24H19NO6S/c1-29-22-11-16-14-7-3-5-9-19(14)30-21(16)12-18(22)25-24(26)23-17(13-32(2,27)28)15-8-4-6-10-20(15)31-23/h3-12H,13H2,1-2H3,(H,25,26). The number of benzene rings is 3. The molecule has 1 N–H and O–H groups in total. The van der Waals surface area contributed by atoms with Crippen LogP contribution in [0.5, 0.6) is 5.75 Å². The van der Waals surface area contributed by atoms with E-state index in [0.29, 0.717) is 33.6 Å². The lowest BCUT2D eigenvalue weighted by atomic mass is 10.1. The number of para-hydroxylation sites is 2. The van der Waals surface area contributed by atoms with Crippen LogP contribution in [0.4, 0.5) is 5.69 Å². The first-order valence-electron chi connectivity index (χ1n) is 9.83. The first-order chi connectivity index (χ1) is 15.3. The number of furan rings is 2. The van der Waals surface area contributed by atoms with Gasteiger partial charge >= 0.3 is 0 Å². The molecule has 2 heterocycles. The van der Waals surface area contributed by atoms with Gasteiger partial charge in [-0.1, -0.05) is 36.4 Å². The zero-order chi connectivity index (χ0) is 22.5. The second kappa shape index (κ2) is 7.42. The maximum Gasteiger partial charge on any atom is 0.291 e. The van der Waals surface area contributed by atoms with Crippen molar-refractivity contribution < 1.29 is 26.8 Å². The molecule has 162 valence electrons. The smallest absolute Gasteiger partial charge is 0.291 e. The van der Waals surface area contributed by atoms with Gasteiger partial charge in [-0.25, -0.2) is 8.42 Å². The Bertz CT molecular complexity index is 1610. The van der Waals surface area contributed by atoms with Gasteiger partial charge in [0.2, 0.25) is 0 Å². The van der Waals surface area contributed by atoms with Crippen LogP contribution in [0.1, 0.15) is 16.1 Å². The zero-order valence-electron chi connectivity index (χ0n) is 17.3. The number of hydrogen-bond donors (Lipinski definition) is 1. The molecule has 7 nitrogen and oxygen atoms in total. The predicted molar refractivity (Wildman–Crippen MR) is 123 cm³/mol. The summed E-state index contributed by atoms with van der Waals surface area (Å²) in [6.45, 7) is 0. The summed E-state index contributed by atoms with van der Waals surface area (Å²) < 4.78 is 41.2. The van der Waals surface area contributed by atoms with E-state index >= 15 is 0 Å². The lowest BCUT2D eigenvalue weighted by Crippen LogP contribution is -2.15. The first kappa shape index (κ1) is 20.1. The van der Waals surface area contributed by atoms with Crippen molar-refractivity contribution in [3.05, 3.63) is 72.0 Å². The number of anilines is 1. The molecular formula is C24H19NO6S. The van der Waals surface area contributed by atoms with Crippen LogP contribution in [0, 0.1) is 0 Å². The zero-order valence-corrected chi connectivity index (χ0v) is 18.2. The first-order valence-corrected chi connectivity index (χ1v) is 11.9. The third-order valence-corrected chi connectivity index (χ3v) is 6.07. The molecule has 0 bridgehead atoms. The molecule has 0 radical (unpaired) electrons. The fraction of sp³-hybridized carbons (Fsp3) is 0.125. The minimum Gasteiger partial charge on any atom is -0.495 e. The van der Waals surface area contributed by atoms with Crippen molar-refractivity contribution >= 4 is 54.3 Å². The molecule has 0 unspecified atom stereocenters. The number of ether oxygens (including phenoxy) is 1. The van der Waals surface area contributed by atoms with Gasteiger partial charge in [-0.2, -0.15) is 0 Å². The van der Waals surface area contributed by atoms with Crippen molar-refractivity contribution in [1.82, 2.24) is 0 Å². The Kier molecular flexibility index (Phi) is 4.67. The van der Waals surface area contributed by atoms with Gasteiger partial charge in [-0.15, -0.1) is 0 Å². The summed E-state index contributed by atoms with van der Waals surface area (Å²) in [4.78, 5) is 13.2. The van der Waals surface area contributed by atoms with Crippen LogP contribution in [-0.4, -0.2) is 27.7 Å². The fourth-order valence-corrected chi connectivity index (χ4v) is 4.70. The molecule has 0 atom stereocenters. The average Bonchev–Trinajstić information content (AvgIpc) is 3.30. The maximum atomic E-state index is 13.2. The summed E-state index contributed by atoms with van der Waals surface area (Å²) in [5.41, 5.74) is 2.46. The second-order valence-corrected chi connectivity index (χ2v) is 9.72. The number of hydrogen-bond acceptors (Lipinski definition) is 6. The lowest BCUT2D eigenvalue weighted by molar-refractivity contribution is 0.0997. The van der Waals surface area contributed by atoms with Crippen LogP contribution in [0.25, 0.3) is 32.9 Å². The molecule has 8 heteroatoms. The number of fused-ring (bicyclic) bond motifs is 4. The number of sulfone groups is 1. The van der Waals surface area contributed by atoms with Gasteiger partial charge < -0.3 is 18.9 Å². The van der Waals surface area contributed by atoms with Gasteiger partial charge in [0, 0.05) is 34.0 Å². The monoisotopic (exact) mass is 449 g/mol. The minimum absolute atomic E-state index is 0.0524. The molecule has 0 aliphatic rings. The average molecular weight is 449 g/mol. The summed E-state index contributed by atoms with van der Waals surface area (Å²) in [6.07, 6.45) is 1.12. The fourth-order valence-electron chi connectivity index (χ4n) is 3.88. The largest absolute Gasteiger partial charge is 0.495 e. The van der Waals surface area contributed by atoms with E-state index < -0.39 is 15.7 Å². The van der Waals surface area contributed by atoms with Crippen molar-refractivity contribution in [3.63, 3.8) is 0 Å². The van der Waals surface area contributed by atoms with Gasteiger partial charge in [-0.05, 0) is 18.2 Å². The van der Waals surface area contributed by atoms with E-state index in [1.165, 1.54) is 7.11 Å².